The molecule has 0 radical (unpaired) electrons. The lowest BCUT2D eigenvalue weighted by Crippen LogP contribution is -2.62. The SMILES string of the molecule is CCOC(=O)C1=C(c2ccc(OCCCOCc3ccccc3OC)nc2)CC2CN(C(=O)OC(C)(C)C)CC1N2C. The van der Waals surface area contributed by atoms with Crippen LogP contribution in [-0.4, -0.2) is 91.6 Å². The third-order valence-electron chi connectivity index (χ3n) is 7.36. The van der Waals surface area contributed by atoms with Crippen molar-refractivity contribution in [2.45, 2.75) is 64.8 Å². The third kappa shape index (κ3) is 7.80. The summed E-state index contributed by atoms with van der Waals surface area (Å²) in [7, 11) is 3.64. The number of para-hydroxylation sites is 1. The van der Waals surface area contributed by atoms with Gasteiger partial charge in [-0.1, -0.05) is 18.2 Å². The molecule has 0 N–H and O–H groups in total. The van der Waals surface area contributed by atoms with Gasteiger partial charge in [0, 0.05) is 43.4 Å². The number of amides is 1. The molecule has 10 nitrogen and oxygen atoms in total. The number of methoxy groups -OCH3 is 1. The Balaban J connectivity index is 1.40. The maximum Gasteiger partial charge on any atom is 0.410 e. The summed E-state index contributed by atoms with van der Waals surface area (Å²) in [6.45, 7) is 9.93. The van der Waals surface area contributed by atoms with Crippen molar-refractivity contribution in [3.63, 3.8) is 0 Å². The van der Waals surface area contributed by atoms with Crippen LogP contribution >= 0.6 is 0 Å². The van der Waals surface area contributed by atoms with E-state index in [-0.39, 0.29) is 30.8 Å². The Labute approximate surface area is 248 Å². The highest BCUT2D eigenvalue weighted by Crippen LogP contribution is 2.38. The maximum atomic E-state index is 13.2. The van der Waals surface area contributed by atoms with Crippen LogP contribution in [0.5, 0.6) is 11.6 Å². The van der Waals surface area contributed by atoms with E-state index in [2.05, 4.69) is 9.88 Å². The lowest BCUT2D eigenvalue weighted by Gasteiger charge is -2.49. The Hall–Kier alpha value is -3.63. The zero-order valence-corrected chi connectivity index (χ0v) is 25.6. The Bertz CT molecular complexity index is 1260. The molecule has 2 aliphatic heterocycles. The Morgan fingerprint density at radius 1 is 1.07 bits per heavy atom. The first kappa shape index (κ1) is 31.3. The van der Waals surface area contributed by atoms with E-state index in [0.717, 1.165) is 22.4 Å². The average Bonchev–Trinajstić information content (AvgIpc) is 2.94. The van der Waals surface area contributed by atoms with Crippen molar-refractivity contribution in [1.29, 1.82) is 0 Å². The van der Waals surface area contributed by atoms with E-state index in [4.69, 9.17) is 23.7 Å². The first-order chi connectivity index (χ1) is 20.1. The fourth-order valence-electron chi connectivity index (χ4n) is 5.30. The number of ether oxygens (including phenoxy) is 5. The highest BCUT2D eigenvalue weighted by molar-refractivity contribution is 6.00. The number of aromatic nitrogens is 1. The van der Waals surface area contributed by atoms with Gasteiger partial charge < -0.3 is 28.6 Å². The van der Waals surface area contributed by atoms with E-state index in [1.165, 1.54) is 0 Å². The Morgan fingerprint density at radius 3 is 2.55 bits per heavy atom. The first-order valence-corrected chi connectivity index (χ1v) is 14.5. The zero-order valence-electron chi connectivity index (χ0n) is 25.6. The fraction of sp³-hybridized carbons (Fsp3) is 0.531. The second-order valence-electron chi connectivity index (χ2n) is 11.5. The number of hydrogen-bond acceptors (Lipinski definition) is 9. The maximum absolute atomic E-state index is 13.2. The van der Waals surface area contributed by atoms with Gasteiger partial charge in [0.1, 0.15) is 11.4 Å². The summed E-state index contributed by atoms with van der Waals surface area (Å²) in [6.07, 6.45) is 2.66. The molecule has 3 heterocycles. The van der Waals surface area contributed by atoms with Gasteiger partial charge in [0.05, 0.1) is 45.2 Å². The standard InChI is InChI=1S/C32H43N3O7/c1-7-40-30(36)29-25(17-24-19-35(20-26(29)34(24)5)31(37)42-32(2,3)4)22-13-14-28(33-18-22)41-16-10-15-39-21-23-11-8-9-12-27(23)38-6/h8-9,11-14,18,24,26H,7,10,15-17,19-21H2,1-6H3. The van der Waals surface area contributed by atoms with E-state index >= 15 is 0 Å². The molecule has 2 unspecified atom stereocenters. The van der Waals surface area contributed by atoms with Crippen LogP contribution in [0.2, 0.25) is 0 Å². The van der Waals surface area contributed by atoms with Crippen LogP contribution in [0, 0.1) is 0 Å². The van der Waals surface area contributed by atoms with E-state index in [1.54, 1.807) is 25.1 Å². The number of piperazine rings is 1. The first-order valence-electron chi connectivity index (χ1n) is 14.5. The molecule has 2 bridgehead atoms. The molecule has 1 fully saturated rings. The van der Waals surface area contributed by atoms with Gasteiger partial charge in [-0.2, -0.15) is 0 Å². The predicted octanol–water partition coefficient (Wildman–Crippen LogP) is 4.72. The van der Waals surface area contributed by atoms with Crippen LogP contribution in [0.25, 0.3) is 5.57 Å². The molecule has 2 aliphatic rings. The van der Waals surface area contributed by atoms with Crippen LogP contribution in [-0.2, 0) is 25.6 Å². The molecular formula is C32H43N3O7. The molecule has 1 amide bonds. The van der Waals surface area contributed by atoms with Crippen molar-refractivity contribution in [2.24, 2.45) is 0 Å². The number of rotatable bonds is 11. The average molecular weight is 582 g/mol. The Kier molecular flexibility index (Phi) is 10.5. The van der Waals surface area contributed by atoms with Gasteiger partial charge >= 0.3 is 12.1 Å². The summed E-state index contributed by atoms with van der Waals surface area (Å²) < 4.78 is 28.1. The predicted molar refractivity (Wildman–Crippen MR) is 158 cm³/mol. The normalized spacial score (nSPS) is 19.0. The summed E-state index contributed by atoms with van der Waals surface area (Å²) in [5, 5.41) is 0. The summed E-state index contributed by atoms with van der Waals surface area (Å²) in [5.74, 6) is 0.946. The molecule has 2 atom stereocenters. The number of benzene rings is 1. The molecule has 4 rings (SSSR count). The van der Waals surface area contributed by atoms with E-state index < -0.39 is 5.60 Å². The topological polar surface area (TPSA) is 99.7 Å². The number of esters is 1. The molecule has 0 saturated carbocycles. The molecule has 2 aromatic rings. The highest BCUT2D eigenvalue weighted by atomic mass is 16.6. The van der Waals surface area contributed by atoms with Gasteiger partial charge in [0.25, 0.3) is 0 Å². The van der Waals surface area contributed by atoms with Gasteiger partial charge in [-0.3, -0.25) is 4.90 Å². The fourth-order valence-corrected chi connectivity index (χ4v) is 5.30. The molecule has 0 aliphatic carbocycles. The quantitative estimate of drug-likeness (QED) is 0.276. The summed E-state index contributed by atoms with van der Waals surface area (Å²) in [6, 6.07) is 11.3. The minimum atomic E-state index is -0.598. The van der Waals surface area contributed by atoms with Crippen molar-refractivity contribution in [2.75, 3.05) is 47.1 Å². The molecule has 42 heavy (non-hydrogen) atoms. The largest absolute Gasteiger partial charge is 0.496 e. The van der Waals surface area contributed by atoms with Crippen LogP contribution in [0.1, 0.15) is 51.7 Å². The smallest absolute Gasteiger partial charge is 0.410 e. The minimum Gasteiger partial charge on any atom is -0.496 e. The number of carbonyl (C=O) groups is 2. The number of hydrogen-bond donors (Lipinski definition) is 0. The van der Waals surface area contributed by atoms with Crippen LogP contribution in [0.15, 0.2) is 48.2 Å². The van der Waals surface area contributed by atoms with Gasteiger partial charge in [-0.25, -0.2) is 14.6 Å². The molecule has 1 aromatic heterocycles. The molecule has 1 aromatic carbocycles. The number of nitrogens with zero attached hydrogens (tertiary/aromatic N) is 3. The molecule has 0 spiro atoms. The van der Waals surface area contributed by atoms with Crippen molar-refractivity contribution in [3.05, 3.63) is 59.3 Å². The van der Waals surface area contributed by atoms with Crippen molar-refractivity contribution in [1.82, 2.24) is 14.8 Å². The summed E-state index contributed by atoms with van der Waals surface area (Å²) in [4.78, 5) is 34.5. The number of carbonyl (C=O) groups excluding carboxylic acids is 2. The minimum absolute atomic E-state index is 0.0243. The molecule has 10 heteroatoms. The number of fused-ring (bicyclic) bond motifs is 2. The van der Waals surface area contributed by atoms with Gasteiger partial charge in [0.15, 0.2) is 0 Å². The summed E-state index contributed by atoms with van der Waals surface area (Å²) >= 11 is 0. The molecule has 1 saturated heterocycles. The van der Waals surface area contributed by atoms with E-state index in [0.29, 0.717) is 57.2 Å². The van der Waals surface area contributed by atoms with Crippen molar-refractivity contribution < 1.29 is 33.3 Å². The van der Waals surface area contributed by atoms with Crippen LogP contribution < -0.4 is 9.47 Å². The molecule has 228 valence electrons. The second-order valence-corrected chi connectivity index (χ2v) is 11.5. The van der Waals surface area contributed by atoms with Crippen LogP contribution in [0.3, 0.4) is 0 Å². The third-order valence-corrected chi connectivity index (χ3v) is 7.36. The van der Waals surface area contributed by atoms with E-state index in [1.807, 2.05) is 64.2 Å². The zero-order chi connectivity index (χ0) is 30.3. The van der Waals surface area contributed by atoms with Gasteiger partial charge in [-0.15, -0.1) is 0 Å². The summed E-state index contributed by atoms with van der Waals surface area (Å²) in [5.41, 5.74) is 2.71. The molecular weight excluding hydrogens is 538 g/mol. The van der Waals surface area contributed by atoms with Crippen LogP contribution in [0.4, 0.5) is 4.79 Å². The highest BCUT2D eigenvalue weighted by Gasteiger charge is 2.44. The van der Waals surface area contributed by atoms with Gasteiger partial charge in [-0.05, 0) is 64.4 Å². The lowest BCUT2D eigenvalue weighted by molar-refractivity contribution is -0.140. The number of pyridine rings is 1. The lowest BCUT2D eigenvalue weighted by atomic mass is 9.82. The van der Waals surface area contributed by atoms with Gasteiger partial charge in [0.2, 0.25) is 5.88 Å². The second kappa shape index (κ2) is 14.0. The van der Waals surface area contributed by atoms with Crippen molar-refractivity contribution in [3.8, 4) is 11.6 Å². The Morgan fingerprint density at radius 2 is 1.86 bits per heavy atom. The van der Waals surface area contributed by atoms with Crippen molar-refractivity contribution >= 4 is 17.6 Å². The number of likely N-dealkylation sites (N-methyl/N-ethyl adjacent to an activating group) is 1. The monoisotopic (exact) mass is 581 g/mol. The van der Waals surface area contributed by atoms with E-state index in [9.17, 15) is 9.59 Å².